The molecule has 1 unspecified atom stereocenters. The van der Waals surface area contributed by atoms with Gasteiger partial charge in [0.15, 0.2) is 11.6 Å². The highest BCUT2D eigenvalue weighted by molar-refractivity contribution is 5.92. The van der Waals surface area contributed by atoms with E-state index in [9.17, 15) is 9.18 Å². The van der Waals surface area contributed by atoms with E-state index in [-0.39, 0.29) is 28.6 Å². The second-order valence-electron chi connectivity index (χ2n) is 9.35. The largest absolute Gasteiger partial charge is 0.436 e. The quantitative estimate of drug-likeness (QED) is 0.522. The van der Waals surface area contributed by atoms with Crippen molar-refractivity contribution in [2.45, 2.75) is 71.3 Å². The highest BCUT2D eigenvalue weighted by atomic mass is 19.1. The minimum Gasteiger partial charge on any atom is -0.436 e. The lowest BCUT2D eigenvalue weighted by atomic mass is 9.66. The van der Waals surface area contributed by atoms with Crippen LogP contribution in [0.2, 0.25) is 0 Å². The third-order valence-electron chi connectivity index (χ3n) is 6.44. The summed E-state index contributed by atoms with van der Waals surface area (Å²) >= 11 is 0. The molecule has 1 heterocycles. The highest BCUT2D eigenvalue weighted by Crippen LogP contribution is 2.46. The summed E-state index contributed by atoms with van der Waals surface area (Å²) in [6.45, 7) is 4.53. The molecule has 1 aliphatic carbocycles. The van der Waals surface area contributed by atoms with Crippen LogP contribution in [0.3, 0.4) is 0 Å². The first-order valence-electron chi connectivity index (χ1n) is 11.3. The van der Waals surface area contributed by atoms with Crippen molar-refractivity contribution in [3.63, 3.8) is 0 Å². The molecule has 168 valence electrons. The van der Waals surface area contributed by atoms with Crippen LogP contribution in [0.1, 0.15) is 87.2 Å². The summed E-state index contributed by atoms with van der Waals surface area (Å²) < 4.78 is 20.3. The Balaban J connectivity index is 1.69. The van der Waals surface area contributed by atoms with Crippen molar-refractivity contribution in [3.05, 3.63) is 53.5 Å². The number of primary amides is 1. The predicted octanol–water partition coefficient (Wildman–Crippen LogP) is 5.89. The number of nitrogens with two attached hydrogens (primary N) is 2. The first kappa shape index (κ1) is 23.2. The van der Waals surface area contributed by atoms with Gasteiger partial charge in [-0.2, -0.15) is 0 Å². The van der Waals surface area contributed by atoms with Crippen LogP contribution in [0.4, 0.5) is 4.39 Å². The van der Waals surface area contributed by atoms with Gasteiger partial charge in [-0.25, -0.2) is 9.37 Å². The predicted molar refractivity (Wildman–Crippen MR) is 120 cm³/mol. The van der Waals surface area contributed by atoms with Crippen molar-refractivity contribution < 1.29 is 13.9 Å². The lowest BCUT2D eigenvalue weighted by Crippen LogP contribution is -2.29. The van der Waals surface area contributed by atoms with Crippen molar-refractivity contribution in [2.75, 3.05) is 0 Å². The van der Waals surface area contributed by atoms with Crippen molar-refractivity contribution >= 4 is 5.91 Å². The lowest BCUT2D eigenvalue weighted by Gasteiger charge is -2.40. The van der Waals surface area contributed by atoms with Gasteiger partial charge in [0.25, 0.3) is 0 Å². The molecule has 0 bridgehead atoms. The number of pyridine rings is 1. The number of benzene rings is 1. The number of aromatic nitrogens is 1. The zero-order valence-electron chi connectivity index (χ0n) is 18.6. The Labute approximate surface area is 184 Å². The molecule has 0 aliphatic heterocycles. The van der Waals surface area contributed by atoms with Gasteiger partial charge in [-0.05, 0) is 60.8 Å². The fourth-order valence-corrected chi connectivity index (χ4v) is 4.57. The van der Waals surface area contributed by atoms with Crippen molar-refractivity contribution in [1.82, 2.24) is 4.98 Å². The maximum atomic E-state index is 14.7. The van der Waals surface area contributed by atoms with Gasteiger partial charge in [0, 0.05) is 18.3 Å². The topological polar surface area (TPSA) is 91.2 Å². The van der Waals surface area contributed by atoms with Crippen LogP contribution < -0.4 is 16.2 Å². The van der Waals surface area contributed by atoms with Gasteiger partial charge in [-0.1, -0.05) is 45.6 Å². The molecule has 1 aliphatic rings. The summed E-state index contributed by atoms with van der Waals surface area (Å²) in [5.74, 6) is -0.117. The Morgan fingerprint density at radius 2 is 1.94 bits per heavy atom. The standard InChI is InChI=1S/C25H34FN3O2/c1-17(2)10-13-25(11-4-3-5-12-25)15-21(27)18-6-8-22(20(26)14-18)31-23-9-7-19(16-29-23)24(28)30/h6-9,14,16-17,21H,3-5,10-13,15,27H2,1-2H3,(H2,28,30). The van der Waals surface area contributed by atoms with Gasteiger partial charge in [-0.3, -0.25) is 4.79 Å². The van der Waals surface area contributed by atoms with E-state index in [0.29, 0.717) is 5.92 Å². The van der Waals surface area contributed by atoms with Crippen molar-refractivity contribution in [1.29, 1.82) is 0 Å². The van der Waals surface area contributed by atoms with Crippen molar-refractivity contribution in [2.24, 2.45) is 22.8 Å². The van der Waals surface area contributed by atoms with Crippen molar-refractivity contribution in [3.8, 4) is 11.6 Å². The van der Waals surface area contributed by atoms with Gasteiger partial charge >= 0.3 is 0 Å². The number of carbonyl (C=O) groups is 1. The zero-order chi connectivity index (χ0) is 22.4. The summed E-state index contributed by atoms with van der Waals surface area (Å²) in [7, 11) is 0. The first-order valence-corrected chi connectivity index (χ1v) is 11.3. The van der Waals surface area contributed by atoms with Crippen LogP contribution in [-0.4, -0.2) is 10.9 Å². The smallest absolute Gasteiger partial charge is 0.250 e. The Morgan fingerprint density at radius 3 is 2.52 bits per heavy atom. The Kier molecular flexibility index (Phi) is 7.65. The van der Waals surface area contributed by atoms with E-state index in [2.05, 4.69) is 18.8 Å². The maximum absolute atomic E-state index is 14.7. The molecule has 1 atom stereocenters. The molecule has 1 amide bonds. The molecule has 4 N–H and O–H groups in total. The number of hydrogen-bond acceptors (Lipinski definition) is 4. The molecule has 2 aromatic rings. The van der Waals surface area contributed by atoms with Crippen LogP contribution >= 0.6 is 0 Å². The van der Waals surface area contributed by atoms with E-state index in [1.807, 2.05) is 6.07 Å². The summed E-state index contributed by atoms with van der Waals surface area (Å²) in [5.41, 5.74) is 13.1. The summed E-state index contributed by atoms with van der Waals surface area (Å²) in [4.78, 5) is 15.1. The van der Waals surface area contributed by atoms with Gasteiger partial charge in [0.1, 0.15) is 0 Å². The fraction of sp³-hybridized carbons (Fsp3) is 0.520. The molecule has 1 aromatic carbocycles. The molecule has 0 radical (unpaired) electrons. The summed E-state index contributed by atoms with van der Waals surface area (Å²) in [5, 5.41) is 0. The van der Waals surface area contributed by atoms with E-state index >= 15 is 0 Å². The molecule has 0 spiro atoms. The fourth-order valence-electron chi connectivity index (χ4n) is 4.57. The zero-order valence-corrected chi connectivity index (χ0v) is 18.6. The third-order valence-corrected chi connectivity index (χ3v) is 6.44. The highest BCUT2D eigenvalue weighted by Gasteiger charge is 2.34. The molecule has 3 rings (SSSR count). The monoisotopic (exact) mass is 427 g/mol. The average Bonchev–Trinajstić information content (AvgIpc) is 2.75. The van der Waals surface area contributed by atoms with E-state index in [4.69, 9.17) is 16.2 Å². The van der Waals surface area contributed by atoms with Crippen LogP contribution in [0.5, 0.6) is 11.6 Å². The number of halogens is 1. The number of nitrogens with zero attached hydrogens (tertiary/aromatic N) is 1. The van der Waals surface area contributed by atoms with E-state index < -0.39 is 11.7 Å². The molecule has 1 saturated carbocycles. The molecular formula is C25H34FN3O2. The normalized spacial score (nSPS) is 16.8. The molecule has 5 nitrogen and oxygen atoms in total. The van der Waals surface area contributed by atoms with Gasteiger partial charge in [0.2, 0.25) is 11.8 Å². The molecule has 31 heavy (non-hydrogen) atoms. The molecule has 6 heteroatoms. The number of ether oxygens (including phenoxy) is 1. The van der Waals surface area contributed by atoms with Gasteiger partial charge in [0.05, 0.1) is 5.56 Å². The maximum Gasteiger partial charge on any atom is 0.250 e. The van der Waals surface area contributed by atoms with E-state index in [1.165, 1.54) is 69.3 Å². The molecular weight excluding hydrogens is 393 g/mol. The summed E-state index contributed by atoms with van der Waals surface area (Å²) in [6.07, 6.45) is 10.8. The van der Waals surface area contributed by atoms with Crippen LogP contribution in [0.25, 0.3) is 0 Å². The Morgan fingerprint density at radius 1 is 1.19 bits per heavy atom. The second kappa shape index (κ2) is 10.2. The van der Waals surface area contributed by atoms with E-state index in [0.717, 1.165) is 12.0 Å². The third kappa shape index (κ3) is 6.26. The molecule has 1 fully saturated rings. The second-order valence-corrected chi connectivity index (χ2v) is 9.35. The minimum absolute atomic E-state index is 0.0717. The van der Waals surface area contributed by atoms with Crippen LogP contribution in [0.15, 0.2) is 36.5 Å². The number of hydrogen-bond donors (Lipinski definition) is 2. The average molecular weight is 428 g/mol. The number of carbonyl (C=O) groups excluding carboxylic acids is 1. The lowest BCUT2D eigenvalue weighted by molar-refractivity contribution is 0.1000. The van der Waals surface area contributed by atoms with Gasteiger partial charge in [-0.15, -0.1) is 0 Å². The Hall–Kier alpha value is -2.47. The number of rotatable bonds is 9. The minimum atomic E-state index is -0.576. The Bertz CT molecular complexity index is 877. The van der Waals surface area contributed by atoms with Gasteiger partial charge < -0.3 is 16.2 Å². The molecule has 1 aromatic heterocycles. The SMILES string of the molecule is CC(C)CCC1(CC(N)c2ccc(Oc3ccc(C(N)=O)cn3)c(F)c2)CCCCC1. The van der Waals surface area contributed by atoms with E-state index in [1.54, 1.807) is 6.07 Å². The van der Waals surface area contributed by atoms with Crippen LogP contribution in [-0.2, 0) is 0 Å². The number of amides is 1. The molecule has 0 saturated heterocycles. The first-order chi connectivity index (χ1) is 14.8. The summed E-state index contributed by atoms with van der Waals surface area (Å²) in [6, 6.07) is 7.67. The van der Waals surface area contributed by atoms with Crippen LogP contribution in [0, 0.1) is 17.2 Å².